The van der Waals surface area contributed by atoms with Gasteiger partial charge in [0.2, 0.25) is 0 Å². The fourth-order valence-electron chi connectivity index (χ4n) is 3.47. The SMILES string of the molecule is CCC1CCC(NC(=O)N2CC(C(C)C(=O)O)C2)C1C. The highest BCUT2D eigenvalue weighted by Gasteiger charge is 2.39. The molecule has 1 aliphatic heterocycles. The van der Waals surface area contributed by atoms with Crippen LogP contribution >= 0.6 is 0 Å². The van der Waals surface area contributed by atoms with Crippen LogP contribution < -0.4 is 5.32 Å². The third-order valence-corrected chi connectivity index (χ3v) is 5.35. The second kappa shape index (κ2) is 6.02. The van der Waals surface area contributed by atoms with Crippen LogP contribution in [0.2, 0.25) is 0 Å². The summed E-state index contributed by atoms with van der Waals surface area (Å²) >= 11 is 0. The minimum atomic E-state index is -0.773. The van der Waals surface area contributed by atoms with Gasteiger partial charge in [0.05, 0.1) is 5.92 Å². The predicted octanol–water partition coefficient (Wildman–Crippen LogP) is 2.17. The van der Waals surface area contributed by atoms with E-state index in [1.165, 1.54) is 12.8 Å². The van der Waals surface area contributed by atoms with Gasteiger partial charge in [0.15, 0.2) is 0 Å². The zero-order valence-electron chi connectivity index (χ0n) is 12.6. The van der Waals surface area contributed by atoms with Gasteiger partial charge in [-0.3, -0.25) is 4.79 Å². The van der Waals surface area contributed by atoms with Gasteiger partial charge < -0.3 is 15.3 Å². The molecule has 0 aromatic carbocycles. The number of carboxylic acid groups (broad SMARTS) is 1. The molecule has 2 rings (SSSR count). The summed E-state index contributed by atoms with van der Waals surface area (Å²) in [5, 5.41) is 12.1. The van der Waals surface area contributed by atoms with Crippen LogP contribution in [0, 0.1) is 23.7 Å². The van der Waals surface area contributed by atoms with Crippen molar-refractivity contribution in [3.05, 3.63) is 0 Å². The molecule has 4 unspecified atom stereocenters. The van der Waals surface area contributed by atoms with Gasteiger partial charge in [-0.2, -0.15) is 0 Å². The number of aliphatic carboxylic acids is 1. The van der Waals surface area contributed by atoms with Crippen LogP contribution in [0.25, 0.3) is 0 Å². The van der Waals surface area contributed by atoms with E-state index in [-0.39, 0.29) is 23.9 Å². The minimum Gasteiger partial charge on any atom is -0.481 e. The van der Waals surface area contributed by atoms with Crippen LogP contribution in [0.4, 0.5) is 4.79 Å². The highest BCUT2D eigenvalue weighted by molar-refractivity contribution is 5.76. The Hall–Kier alpha value is -1.26. The van der Waals surface area contributed by atoms with Crippen LogP contribution in [0.15, 0.2) is 0 Å². The number of carboxylic acids is 1. The van der Waals surface area contributed by atoms with Gasteiger partial charge in [-0.25, -0.2) is 4.79 Å². The molecule has 0 radical (unpaired) electrons. The number of urea groups is 1. The average Bonchev–Trinajstić information content (AvgIpc) is 2.68. The summed E-state index contributed by atoms with van der Waals surface area (Å²) in [6.45, 7) is 7.28. The van der Waals surface area contributed by atoms with Crippen molar-refractivity contribution in [2.75, 3.05) is 13.1 Å². The van der Waals surface area contributed by atoms with Crippen molar-refractivity contribution in [3.63, 3.8) is 0 Å². The Bertz CT molecular complexity index is 379. The molecule has 2 fully saturated rings. The second-order valence-corrected chi connectivity index (χ2v) is 6.45. The van der Waals surface area contributed by atoms with Gasteiger partial charge in [0.25, 0.3) is 0 Å². The standard InChI is InChI=1S/C15H26N2O3/c1-4-11-5-6-13(9(11)2)16-15(20)17-7-12(8-17)10(3)14(18)19/h9-13H,4-8H2,1-3H3,(H,16,20)(H,18,19). The molecule has 4 atom stereocenters. The molecule has 0 spiro atoms. The van der Waals surface area contributed by atoms with Gasteiger partial charge >= 0.3 is 12.0 Å². The second-order valence-electron chi connectivity index (χ2n) is 6.45. The van der Waals surface area contributed by atoms with E-state index in [2.05, 4.69) is 19.2 Å². The number of nitrogens with one attached hydrogen (secondary N) is 1. The summed E-state index contributed by atoms with van der Waals surface area (Å²) in [6.07, 6.45) is 3.44. The highest BCUT2D eigenvalue weighted by Crippen LogP contribution is 2.34. The smallest absolute Gasteiger partial charge is 0.317 e. The summed E-state index contributed by atoms with van der Waals surface area (Å²) in [4.78, 5) is 24.7. The number of nitrogens with zero attached hydrogens (tertiary/aromatic N) is 1. The fraction of sp³-hybridized carbons (Fsp3) is 0.867. The van der Waals surface area contributed by atoms with Crippen LogP contribution in [-0.2, 0) is 4.79 Å². The summed E-state index contributed by atoms with van der Waals surface area (Å²) < 4.78 is 0. The molecule has 1 saturated carbocycles. The average molecular weight is 282 g/mol. The molecule has 5 heteroatoms. The Kier molecular flexibility index (Phi) is 4.55. The Labute approximate surface area is 120 Å². The lowest BCUT2D eigenvalue weighted by atomic mass is 9.87. The lowest BCUT2D eigenvalue weighted by Crippen LogP contribution is -2.58. The molecule has 2 N–H and O–H groups in total. The first-order valence-corrected chi connectivity index (χ1v) is 7.72. The van der Waals surface area contributed by atoms with Crippen LogP contribution in [0.5, 0.6) is 0 Å². The van der Waals surface area contributed by atoms with E-state index in [1.807, 2.05) is 0 Å². The minimum absolute atomic E-state index is 0.0209. The largest absolute Gasteiger partial charge is 0.481 e. The molecule has 1 saturated heterocycles. The van der Waals surface area contributed by atoms with E-state index in [0.29, 0.717) is 19.0 Å². The van der Waals surface area contributed by atoms with Crippen LogP contribution in [0.1, 0.15) is 40.0 Å². The Balaban J connectivity index is 1.76. The summed E-state index contributed by atoms with van der Waals surface area (Å²) in [6, 6.07) is 0.260. The molecular weight excluding hydrogens is 256 g/mol. The maximum Gasteiger partial charge on any atom is 0.317 e. The van der Waals surface area contributed by atoms with Gasteiger partial charge in [0.1, 0.15) is 0 Å². The van der Waals surface area contributed by atoms with E-state index < -0.39 is 5.97 Å². The summed E-state index contributed by atoms with van der Waals surface area (Å²) in [7, 11) is 0. The lowest BCUT2D eigenvalue weighted by Gasteiger charge is -2.41. The summed E-state index contributed by atoms with van der Waals surface area (Å²) in [5.74, 6) is 0.220. The van der Waals surface area contributed by atoms with E-state index in [1.54, 1.807) is 11.8 Å². The van der Waals surface area contributed by atoms with E-state index in [9.17, 15) is 9.59 Å². The van der Waals surface area contributed by atoms with Gasteiger partial charge in [-0.15, -0.1) is 0 Å². The molecule has 2 amide bonds. The van der Waals surface area contributed by atoms with Crippen LogP contribution in [0.3, 0.4) is 0 Å². The predicted molar refractivity (Wildman–Crippen MR) is 76.4 cm³/mol. The van der Waals surface area contributed by atoms with Gasteiger partial charge in [-0.1, -0.05) is 27.2 Å². The zero-order valence-corrected chi connectivity index (χ0v) is 12.6. The fourth-order valence-corrected chi connectivity index (χ4v) is 3.47. The molecule has 114 valence electrons. The molecule has 20 heavy (non-hydrogen) atoms. The lowest BCUT2D eigenvalue weighted by molar-refractivity contribution is -0.144. The zero-order chi connectivity index (χ0) is 14.9. The Morgan fingerprint density at radius 1 is 1.35 bits per heavy atom. The molecule has 0 aromatic heterocycles. The first-order valence-electron chi connectivity index (χ1n) is 7.72. The first-order chi connectivity index (χ1) is 9.43. The third kappa shape index (κ3) is 2.91. The van der Waals surface area contributed by atoms with Gasteiger partial charge in [-0.05, 0) is 24.7 Å². The van der Waals surface area contributed by atoms with Crippen LogP contribution in [-0.4, -0.2) is 41.1 Å². The monoisotopic (exact) mass is 282 g/mol. The number of carbonyl (C=O) groups is 2. The van der Waals surface area contributed by atoms with Gasteiger partial charge in [0, 0.05) is 25.0 Å². The highest BCUT2D eigenvalue weighted by atomic mass is 16.4. The first kappa shape index (κ1) is 15.1. The van der Waals surface area contributed by atoms with Crippen molar-refractivity contribution in [2.24, 2.45) is 23.7 Å². The van der Waals surface area contributed by atoms with Crippen molar-refractivity contribution in [1.82, 2.24) is 10.2 Å². The van der Waals surface area contributed by atoms with Crippen molar-refractivity contribution in [3.8, 4) is 0 Å². The van der Waals surface area contributed by atoms with Crippen molar-refractivity contribution < 1.29 is 14.7 Å². The van der Waals surface area contributed by atoms with E-state index in [0.717, 1.165) is 12.3 Å². The number of hydrogen-bond acceptors (Lipinski definition) is 2. The van der Waals surface area contributed by atoms with E-state index >= 15 is 0 Å². The van der Waals surface area contributed by atoms with Crippen molar-refractivity contribution in [2.45, 2.75) is 46.1 Å². The maximum atomic E-state index is 12.1. The maximum absolute atomic E-state index is 12.1. The topological polar surface area (TPSA) is 69.6 Å². The molecule has 0 aromatic rings. The summed E-state index contributed by atoms with van der Waals surface area (Å²) in [5.41, 5.74) is 0. The third-order valence-electron chi connectivity index (χ3n) is 5.35. The quantitative estimate of drug-likeness (QED) is 0.830. The number of rotatable bonds is 4. The number of amides is 2. The Morgan fingerprint density at radius 2 is 2.00 bits per heavy atom. The number of carbonyl (C=O) groups excluding carboxylic acids is 1. The number of likely N-dealkylation sites (tertiary alicyclic amines) is 1. The normalized spacial score (nSPS) is 31.8. The molecule has 1 aliphatic carbocycles. The molecule has 5 nitrogen and oxygen atoms in total. The van der Waals surface area contributed by atoms with E-state index in [4.69, 9.17) is 5.11 Å². The molecule has 1 heterocycles. The molecular formula is C15H26N2O3. The van der Waals surface area contributed by atoms with Crippen molar-refractivity contribution >= 4 is 12.0 Å². The number of hydrogen-bond donors (Lipinski definition) is 2. The Morgan fingerprint density at radius 3 is 2.50 bits per heavy atom. The van der Waals surface area contributed by atoms with Crippen molar-refractivity contribution in [1.29, 1.82) is 0 Å². The molecule has 2 aliphatic rings. The molecule has 0 bridgehead atoms.